The molecule has 1 N–H and O–H groups in total. The van der Waals surface area contributed by atoms with E-state index in [0.29, 0.717) is 12.3 Å². The van der Waals surface area contributed by atoms with Gasteiger partial charge in [0.2, 0.25) is 5.91 Å². The van der Waals surface area contributed by atoms with Crippen LogP contribution in [0.2, 0.25) is 5.02 Å². The first kappa shape index (κ1) is 18.6. The minimum Gasteiger partial charge on any atom is -0.444 e. The van der Waals surface area contributed by atoms with Crippen LogP contribution < -0.4 is 5.32 Å². The maximum Gasteiger partial charge on any atom is 0.411 e. The molecule has 1 heterocycles. The first-order valence-electron chi connectivity index (χ1n) is 9.67. The largest absolute Gasteiger partial charge is 0.444 e. The van der Waals surface area contributed by atoms with E-state index < -0.39 is 11.6 Å². The fourth-order valence-electron chi connectivity index (χ4n) is 4.43. The highest BCUT2D eigenvalue weighted by atomic mass is 35.5. The Hall–Kier alpha value is -1.75. The second-order valence-corrected chi connectivity index (χ2v) is 9.75. The Kier molecular flexibility index (Phi) is 4.22. The number of carbonyl (C=O) groups excluding carboxylic acids is 2. The van der Waals surface area contributed by atoms with Gasteiger partial charge in [0.15, 0.2) is 0 Å². The molecule has 1 aromatic rings. The lowest BCUT2D eigenvalue weighted by atomic mass is 10.1. The number of halogens is 1. The molecule has 3 fully saturated rings. The van der Waals surface area contributed by atoms with E-state index in [1.165, 1.54) is 0 Å². The van der Waals surface area contributed by atoms with E-state index in [4.69, 9.17) is 16.3 Å². The van der Waals surface area contributed by atoms with Crippen LogP contribution in [0.25, 0.3) is 0 Å². The van der Waals surface area contributed by atoms with Gasteiger partial charge in [-0.3, -0.25) is 9.69 Å². The van der Waals surface area contributed by atoms with E-state index in [2.05, 4.69) is 12.2 Å². The summed E-state index contributed by atoms with van der Waals surface area (Å²) in [7, 11) is 0. The Morgan fingerprint density at radius 3 is 2.63 bits per heavy atom. The fourth-order valence-corrected chi connectivity index (χ4v) is 4.70. The van der Waals surface area contributed by atoms with Crippen LogP contribution in [0.5, 0.6) is 0 Å². The molecule has 0 bridgehead atoms. The average molecular weight is 391 g/mol. The predicted molar refractivity (Wildman–Crippen MR) is 104 cm³/mol. The minimum absolute atomic E-state index is 0.0752. The highest BCUT2D eigenvalue weighted by molar-refractivity contribution is 6.31. The summed E-state index contributed by atoms with van der Waals surface area (Å²) in [4.78, 5) is 27.4. The van der Waals surface area contributed by atoms with Gasteiger partial charge in [0.25, 0.3) is 0 Å². The van der Waals surface area contributed by atoms with Gasteiger partial charge in [-0.2, -0.15) is 0 Å². The number of fused-ring (bicyclic) bond motifs is 1. The van der Waals surface area contributed by atoms with E-state index in [9.17, 15) is 9.59 Å². The third-order valence-corrected chi connectivity index (χ3v) is 6.41. The highest BCUT2D eigenvalue weighted by Gasteiger charge is 2.66. The Labute approximate surface area is 165 Å². The lowest BCUT2D eigenvalue weighted by Crippen LogP contribution is -2.52. The van der Waals surface area contributed by atoms with Gasteiger partial charge in [-0.1, -0.05) is 29.8 Å². The van der Waals surface area contributed by atoms with Crippen LogP contribution in [0.1, 0.15) is 58.4 Å². The summed E-state index contributed by atoms with van der Waals surface area (Å²) in [6.45, 7) is 7.60. The second-order valence-electron chi connectivity index (χ2n) is 9.34. The van der Waals surface area contributed by atoms with Gasteiger partial charge >= 0.3 is 6.09 Å². The normalized spacial score (nSPS) is 34.0. The van der Waals surface area contributed by atoms with Gasteiger partial charge in [0.1, 0.15) is 11.6 Å². The topological polar surface area (TPSA) is 58.6 Å². The molecule has 2 aliphatic carbocycles. The van der Waals surface area contributed by atoms with Crippen molar-refractivity contribution in [2.24, 2.45) is 5.92 Å². The van der Waals surface area contributed by atoms with Gasteiger partial charge in [0, 0.05) is 22.5 Å². The molecular formula is C21H27ClN2O3. The van der Waals surface area contributed by atoms with E-state index in [1.807, 2.05) is 45.0 Å². The average Bonchev–Trinajstić information content (AvgIpc) is 3.42. The van der Waals surface area contributed by atoms with E-state index in [0.717, 1.165) is 23.4 Å². The highest BCUT2D eigenvalue weighted by Crippen LogP contribution is 2.58. The summed E-state index contributed by atoms with van der Waals surface area (Å²) in [6, 6.07) is 7.40. The van der Waals surface area contributed by atoms with E-state index in [-0.39, 0.29) is 29.5 Å². The molecule has 0 unspecified atom stereocenters. The summed E-state index contributed by atoms with van der Waals surface area (Å²) < 4.78 is 5.58. The number of nitrogens with zero attached hydrogens (tertiary/aromatic N) is 1. The van der Waals surface area contributed by atoms with Crippen LogP contribution in [0.15, 0.2) is 24.3 Å². The number of ether oxygens (including phenoxy) is 1. The molecule has 0 aromatic heterocycles. The number of hydrogen-bond donors (Lipinski definition) is 1. The van der Waals surface area contributed by atoms with Crippen molar-refractivity contribution in [3.8, 4) is 0 Å². The Balaban J connectivity index is 1.43. The Morgan fingerprint density at radius 1 is 1.26 bits per heavy atom. The zero-order chi connectivity index (χ0) is 19.6. The zero-order valence-corrected chi connectivity index (χ0v) is 17.0. The molecular weight excluding hydrogens is 364 g/mol. The zero-order valence-electron chi connectivity index (χ0n) is 16.3. The van der Waals surface area contributed by atoms with E-state index in [1.54, 1.807) is 4.90 Å². The molecule has 5 atom stereocenters. The lowest BCUT2D eigenvalue weighted by Gasteiger charge is -2.33. The van der Waals surface area contributed by atoms with Gasteiger partial charge in [-0.25, -0.2) is 4.79 Å². The molecule has 1 aromatic carbocycles. The first-order chi connectivity index (χ1) is 12.6. The number of likely N-dealkylation sites (tertiary alicyclic amines) is 1. The van der Waals surface area contributed by atoms with Crippen molar-refractivity contribution in [3.05, 3.63) is 34.9 Å². The van der Waals surface area contributed by atoms with Crippen molar-refractivity contribution in [1.29, 1.82) is 0 Å². The van der Waals surface area contributed by atoms with Crippen molar-refractivity contribution in [3.63, 3.8) is 0 Å². The van der Waals surface area contributed by atoms with Crippen LogP contribution in [0, 0.1) is 5.92 Å². The summed E-state index contributed by atoms with van der Waals surface area (Å²) >= 11 is 6.28. The lowest BCUT2D eigenvalue weighted by molar-refractivity contribution is -0.126. The number of rotatable bonds is 3. The van der Waals surface area contributed by atoms with Crippen LogP contribution in [0.4, 0.5) is 4.79 Å². The monoisotopic (exact) mass is 390 g/mol. The third kappa shape index (κ3) is 3.42. The third-order valence-electron chi connectivity index (χ3n) is 6.06. The van der Waals surface area contributed by atoms with Crippen molar-refractivity contribution in [2.45, 2.75) is 76.1 Å². The number of amides is 2. The molecule has 146 valence electrons. The van der Waals surface area contributed by atoms with Crippen molar-refractivity contribution in [2.75, 3.05) is 0 Å². The summed E-state index contributed by atoms with van der Waals surface area (Å²) in [5, 5.41) is 3.87. The SMILES string of the molecule is CC(C)(C)OC(=O)N1[C@H](C(=O)N[C@@H]2C[C@H]2c2ccccc2Cl)C[C@H]2C[C@@]21C. The van der Waals surface area contributed by atoms with Crippen molar-refractivity contribution >= 4 is 23.6 Å². The van der Waals surface area contributed by atoms with Gasteiger partial charge in [-0.15, -0.1) is 0 Å². The molecule has 4 rings (SSSR count). The van der Waals surface area contributed by atoms with Crippen molar-refractivity contribution in [1.82, 2.24) is 10.2 Å². The second kappa shape index (κ2) is 6.13. The summed E-state index contributed by atoms with van der Waals surface area (Å²) in [6.07, 6.45) is 2.16. The Bertz CT molecular complexity index is 790. The number of piperidine rings is 1. The number of nitrogens with one attached hydrogen (secondary N) is 1. The smallest absolute Gasteiger partial charge is 0.411 e. The van der Waals surface area contributed by atoms with Crippen molar-refractivity contribution < 1.29 is 14.3 Å². The van der Waals surface area contributed by atoms with E-state index >= 15 is 0 Å². The molecule has 0 spiro atoms. The molecule has 6 heteroatoms. The van der Waals surface area contributed by atoms with Crippen LogP contribution >= 0.6 is 11.6 Å². The van der Waals surface area contributed by atoms with Crippen LogP contribution in [-0.4, -0.2) is 40.1 Å². The molecule has 5 nitrogen and oxygen atoms in total. The minimum atomic E-state index is -0.576. The standard InChI is InChI=1S/C21H27ClN2O3/c1-20(2,3)27-19(26)24-17(9-12-11-21(12,24)4)18(25)23-16-10-14(16)13-7-5-6-8-15(13)22/h5-8,12,14,16-17H,9-11H2,1-4H3,(H,23,25)/t12-,14-,16+,17-,21-/m0/s1. The number of carbonyl (C=O) groups is 2. The fraction of sp³-hybridized carbons (Fsp3) is 0.619. The molecule has 0 radical (unpaired) electrons. The Morgan fingerprint density at radius 2 is 1.96 bits per heavy atom. The molecule has 2 amide bonds. The number of hydrogen-bond acceptors (Lipinski definition) is 3. The maximum atomic E-state index is 13.0. The van der Waals surface area contributed by atoms with Gasteiger partial charge in [-0.05, 0) is 64.5 Å². The first-order valence-corrected chi connectivity index (χ1v) is 10.0. The van der Waals surface area contributed by atoms with Crippen LogP contribution in [-0.2, 0) is 9.53 Å². The maximum absolute atomic E-state index is 13.0. The summed E-state index contributed by atoms with van der Waals surface area (Å²) in [5.74, 6) is 0.567. The number of benzene rings is 1. The van der Waals surface area contributed by atoms with Gasteiger partial charge in [0.05, 0.1) is 0 Å². The quantitative estimate of drug-likeness (QED) is 0.845. The summed E-state index contributed by atoms with van der Waals surface area (Å²) in [5.41, 5.74) is 0.262. The molecule has 27 heavy (non-hydrogen) atoms. The predicted octanol–water partition coefficient (Wildman–Crippen LogP) is 4.10. The molecule has 3 aliphatic rings. The van der Waals surface area contributed by atoms with Gasteiger partial charge < -0.3 is 10.1 Å². The molecule has 1 saturated heterocycles. The van der Waals surface area contributed by atoms with Crippen LogP contribution in [0.3, 0.4) is 0 Å². The molecule has 1 aliphatic heterocycles. The molecule has 2 saturated carbocycles.